The maximum atomic E-state index is 12.1. The topological polar surface area (TPSA) is 33.5 Å². The zero-order valence-corrected chi connectivity index (χ0v) is 12.6. The van der Waals surface area contributed by atoms with E-state index < -0.39 is 0 Å². The van der Waals surface area contributed by atoms with Gasteiger partial charge in [-0.05, 0) is 46.4 Å². The fourth-order valence-electron chi connectivity index (χ4n) is 1.66. The van der Waals surface area contributed by atoms with Crippen molar-refractivity contribution < 1.29 is 9.21 Å². The second-order valence-corrected chi connectivity index (χ2v) is 5.97. The molecule has 0 radical (unpaired) electrons. The number of nitrogens with zero attached hydrogens (tertiary/aromatic N) is 1. The lowest BCUT2D eigenvalue weighted by atomic mass is 10.2. The molecule has 2 aromatic heterocycles. The van der Waals surface area contributed by atoms with Crippen LogP contribution in [0.15, 0.2) is 38.7 Å². The van der Waals surface area contributed by atoms with Crippen LogP contribution in [0.3, 0.4) is 0 Å². The van der Waals surface area contributed by atoms with E-state index in [1.807, 2.05) is 18.4 Å². The zero-order chi connectivity index (χ0) is 13.1. The largest absolute Gasteiger partial charge is 0.444 e. The minimum atomic E-state index is -0.0928. The lowest BCUT2D eigenvalue weighted by Gasteiger charge is -2.23. The standard InChI is InChI=1S/C13H14BrNO2S/c1-9(8-10-4-3-7-18-10)15(2)13(16)11-5-6-12(14)17-11/h3-7,9H,8H2,1-2H3. The zero-order valence-electron chi connectivity index (χ0n) is 10.2. The van der Waals surface area contributed by atoms with E-state index >= 15 is 0 Å². The van der Waals surface area contributed by atoms with E-state index in [0.29, 0.717) is 10.4 Å². The highest BCUT2D eigenvalue weighted by atomic mass is 79.9. The molecule has 2 rings (SSSR count). The predicted octanol–water partition coefficient (Wildman–Crippen LogP) is 3.81. The first kappa shape index (κ1) is 13.4. The number of amides is 1. The summed E-state index contributed by atoms with van der Waals surface area (Å²) in [4.78, 5) is 15.1. The lowest BCUT2D eigenvalue weighted by Crippen LogP contribution is -2.36. The number of hydrogen-bond donors (Lipinski definition) is 0. The first-order valence-electron chi connectivity index (χ1n) is 5.63. The molecule has 0 aromatic carbocycles. The van der Waals surface area contributed by atoms with E-state index in [9.17, 15) is 4.79 Å². The normalized spacial score (nSPS) is 12.4. The van der Waals surface area contributed by atoms with Gasteiger partial charge in [-0.2, -0.15) is 0 Å². The van der Waals surface area contributed by atoms with Crippen LogP contribution in [0.4, 0.5) is 0 Å². The van der Waals surface area contributed by atoms with E-state index in [2.05, 4.69) is 22.0 Å². The van der Waals surface area contributed by atoms with Crippen molar-refractivity contribution in [1.82, 2.24) is 4.90 Å². The predicted molar refractivity (Wildman–Crippen MR) is 76.0 cm³/mol. The first-order chi connectivity index (χ1) is 8.58. The summed E-state index contributed by atoms with van der Waals surface area (Å²) < 4.78 is 5.85. The van der Waals surface area contributed by atoms with Crippen LogP contribution in [-0.4, -0.2) is 23.9 Å². The molecule has 0 aliphatic rings. The van der Waals surface area contributed by atoms with Crippen LogP contribution in [0, 0.1) is 0 Å². The molecule has 0 fully saturated rings. The highest BCUT2D eigenvalue weighted by Gasteiger charge is 2.20. The maximum Gasteiger partial charge on any atom is 0.289 e. The highest BCUT2D eigenvalue weighted by molar-refractivity contribution is 9.10. The van der Waals surface area contributed by atoms with Gasteiger partial charge in [0.15, 0.2) is 10.4 Å². The molecule has 0 N–H and O–H groups in total. The van der Waals surface area contributed by atoms with Crippen LogP contribution in [0.25, 0.3) is 0 Å². The van der Waals surface area contributed by atoms with Crippen molar-refractivity contribution in [3.63, 3.8) is 0 Å². The number of carbonyl (C=O) groups excluding carboxylic acids is 1. The monoisotopic (exact) mass is 327 g/mol. The molecule has 0 bridgehead atoms. The van der Waals surface area contributed by atoms with Crippen LogP contribution in [-0.2, 0) is 6.42 Å². The minimum absolute atomic E-state index is 0.0928. The summed E-state index contributed by atoms with van der Waals surface area (Å²) in [6.07, 6.45) is 0.863. The molecule has 0 aliphatic heterocycles. The highest BCUT2D eigenvalue weighted by Crippen LogP contribution is 2.18. The van der Waals surface area contributed by atoms with Gasteiger partial charge in [0.1, 0.15) is 0 Å². The van der Waals surface area contributed by atoms with E-state index in [-0.39, 0.29) is 11.9 Å². The molecule has 5 heteroatoms. The van der Waals surface area contributed by atoms with E-state index in [1.54, 1.807) is 35.4 Å². The summed E-state index contributed by atoms with van der Waals surface area (Å²) in [6.45, 7) is 2.04. The van der Waals surface area contributed by atoms with Gasteiger partial charge in [-0.1, -0.05) is 6.07 Å². The van der Waals surface area contributed by atoms with Crippen molar-refractivity contribution in [2.75, 3.05) is 7.05 Å². The number of likely N-dealkylation sites (N-methyl/N-ethyl adjacent to an activating group) is 1. The smallest absolute Gasteiger partial charge is 0.289 e. The average Bonchev–Trinajstić information content (AvgIpc) is 2.98. The van der Waals surface area contributed by atoms with Crippen molar-refractivity contribution in [2.24, 2.45) is 0 Å². The Morgan fingerprint density at radius 1 is 1.50 bits per heavy atom. The summed E-state index contributed by atoms with van der Waals surface area (Å²) in [7, 11) is 1.80. The van der Waals surface area contributed by atoms with Gasteiger partial charge in [0.25, 0.3) is 5.91 Å². The van der Waals surface area contributed by atoms with Crippen molar-refractivity contribution in [3.8, 4) is 0 Å². The summed E-state index contributed by atoms with van der Waals surface area (Å²) in [6, 6.07) is 7.66. The summed E-state index contributed by atoms with van der Waals surface area (Å²) in [5.74, 6) is 0.271. The number of rotatable bonds is 4. The number of thiophene rings is 1. The van der Waals surface area contributed by atoms with Crippen LogP contribution in [0.2, 0.25) is 0 Å². The fraction of sp³-hybridized carbons (Fsp3) is 0.308. The molecule has 96 valence electrons. The Hall–Kier alpha value is -1.07. The molecule has 2 heterocycles. The van der Waals surface area contributed by atoms with E-state index in [4.69, 9.17) is 4.42 Å². The second kappa shape index (κ2) is 5.71. The molecule has 0 spiro atoms. The third-order valence-electron chi connectivity index (χ3n) is 2.84. The van der Waals surface area contributed by atoms with Gasteiger partial charge in [0.05, 0.1) is 0 Å². The number of hydrogen-bond acceptors (Lipinski definition) is 3. The Bertz CT molecular complexity index is 521. The number of carbonyl (C=O) groups is 1. The minimum Gasteiger partial charge on any atom is -0.444 e. The SMILES string of the molecule is CC(Cc1cccs1)N(C)C(=O)c1ccc(Br)o1. The van der Waals surface area contributed by atoms with Crippen LogP contribution in [0.5, 0.6) is 0 Å². The van der Waals surface area contributed by atoms with Gasteiger partial charge >= 0.3 is 0 Å². The molecule has 3 nitrogen and oxygen atoms in total. The quantitative estimate of drug-likeness (QED) is 0.855. The van der Waals surface area contributed by atoms with Crippen LogP contribution >= 0.6 is 27.3 Å². The van der Waals surface area contributed by atoms with Crippen molar-refractivity contribution in [1.29, 1.82) is 0 Å². The molecular formula is C13H14BrNO2S. The molecular weight excluding hydrogens is 314 g/mol. The summed E-state index contributed by atoms with van der Waals surface area (Å²) in [5.41, 5.74) is 0. The Morgan fingerprint density at radius 3 is 2.83 bits per heavy atom. The number of halogens is 1. The van der Waals surface area contributed by atoms with Crippen molar-refractivity contribution in [3.05, 3.63) is 45.0 Å². The molecule has 2 aromatic rings. The third-order valence-corrected chi connectivity index (χ3v) is 4.17. The summed E-state index contributed by atoms with van der Waals surface area (Å²) in [5, 5.41) is 2.05. The number of furan rings is 1. The molecule has 0 saturated heterocycles. The van der Waals surface area contributed by atoms with E-state index in [1.165, 1.54) is 4.88 Å². The third kappa shape index (κ3) is 3.03. The fourth-order valence-corrected chi connectivity index (χ4v) is 2.79. The second-order valence-electron chi connectivity index (χ2n) is 4.15. The van der Waals surface area contributed by atoms with Gasteiger partial charge in [0.2, 0.25) is 0 Å². The van der Waals surface area contributed by atoms with Crippen molar-refractivity contribution >= 4 is 33.2 Å². The van der Waals surface area contributed by atoms with Gasteiger partial charge in [0, 0.05) is 24.4 Å². The summed E-state index contributed by atoms with van der Waals surface area (Å²) >= 11 is 4.91. The molecule has 1 amide bonds. The first-order valence-corrected chi connectivity index (χ1v) is 7.30. The molecule has 0 aliphatic carbocycles. The molecule has 1 atom stereocenters. The maximum absolute atomic E-state index is 12.1. The van der Waals surface area contributed by atoms with Crippen LogP contribution in [0.1, 0.15) is 22.4 Å². The van der Waals surface area contributed by atoms with Gasteiger partial charge in [-0.15, -0.1) is 11.3 Å². The average molecular weight is 328 g/mol. The van der Waals surface area contributed by atoms with Gasteiger partial charge in [-0.3, -0.25) is 4.79 Å². The Morgan fingerprint density at radius 2 is 2.28 bits per heavy atom. The van der Waals surface area contributed by atoms with Gasteiger partial charge < -0.3 is 9.32 Å². The Balaban J connectivity index is 2.02. The Kier molecular flexibility index (Phi) is 4.24. The molecule has 18 heavy (non-hydrogen) atoms. The van der Waals surface area contributed by atoms with Crippen molar-refractivity contribution in [2.45, 2.75) is 19.4 Å². The Labute approximate surface area is 119 Å². The molecule has 0 saturated carbocycles. The van der Waals surface area contributed by atoms with Crippen LogP contribution < -0.4 is 0 Å². The van der Waals surface area contributed by atoms with E-state index in [0.717, 1.165) is 6.42 Å². The molecule has 1 unspecified atom stereocenters. The lowest BCUT2D eigenvalue weighted by molar-refractivity contribution is 0.0710. The van der Waals surface area contributed by atoms with Gasteiger partial charge in [-0.25, -0.2) is 0 Å².